The maximum absolute atomic E-state index is 13.1. The monoisotopic (exact) mass is 1470 g/mol. The van der Waals surface area contributed by atoms with Crippen LogP contribution in [0.4, 0.5) is 0 Å². The van der Waals surface area contributed by atoms with Crippen LogP contribution in [0.2, 0.25) is 0 Å². The molecular weight excluding hydrogens is 1310 g/mol. The summed E-state index contributed by atoms with van der Waals surface area (Å²) in [5.41, 5.74) is 0. The summed E-state index contributed by atoms with van der Waals surface area (Å²) in [5.74, 6) is -0.420. The molecule has 0 spiro atoms. The Bertz CT molecular complexity index is 1930. The zero-order valence-electron chi connectivity index (χ0n) is 65.5. The minimum Gasteiger partial charge on any atom is -0.462 e. The molecule has 0 aliphatic rings. The number of rotatable bonds is 80. The summed E-state index contributed by atoms with van der Waals surface area (Å²) in [6.45, 7) is 9.68. The Hall–Kier alpha value is -1.94. The first-order valence-electron chi connectivity index (χ1n) is 42.0. The number of ether oxygens (including phenoxy) is 4. The summed E-state index contributed by atoms with van der Waals surface area (Å²) in [5, 5.41) is 10.6. The van der Waals surface area contributed by atoms with Crippen molar-refractivity contribution in [2.45, 2.75) is 445 Å². The number of aliphatic hydroxyl groups excluding tert-OH is 1. The van der Waals surface area contributed by atoms with Crippen molar-refractivity contribution in [3.05, 3.63) is 0 Å². The van der Waals surface area contributed by atoms with E-state index in [9.17, 15) is 43.2 Å². The van der Waals surface area contributed by atoms with Gasteiger partial charge in [0.1, 0.15) is 19.3 Å². The van der Waals surface area contributed by atoms with Crippen molar-refractivity contribution < 1.29 is 80.2 Å². The van der Waals surface area contributed by atoms with Crippen LogP contribution in [0.5, 0.6) is 0 Å². The van der Waals surface area contributed by atoms with E-state index in [4.69, 9.17) is 37.0 Å². The van der Waals surface area contributed by atoms with Crippen LogP contribution in [0.3, 0.4) is 0 Å². The molecule has 17 nitrogen and oxygen atoms in total. The molecule has 100 heavy (non-hydrogen) atoms. The minimum atomic E-state index is -4.96. The third-order valence-corrected chi connectivity index (χ3v) is 21.2. The molecule has 0 bridgehead atoms. The second-order valence-electron chi connectivity index (χ2n) is 29.9. The highest BCUT2D eigenvalue weighted by molar-refractivity contribution is 7.47. The summed E-state index contributed by atoms with van der Waals surface area (Å²) in [6.07, 6.45) is 62.7. The van der Waals surface area contributed by atoms with Gasteiger partial charge in [-0.25, -0.2) is 9.13 Å². The number of phosphoric acid groups is 2. The summed E-state index contributed by atoms with van der Waals surface area (Å²) in [7, 11) is -9.91. The molecule has 19 heteroatoms. The Labute approximate surface area is 613 Å². The van der Waals surface area contributed by atoms with E-state index in [0.717, 1.165) is 108 Å². The fourth-order valence-corrected chi connectivity index (χ4v) is 14.1. The predicted molar refractivity (Wildman–Crippen MR) is 409 cm³/mol. The molecule has 0 fully saturated rings. The van der Waals surface area contributed by atoms with Gasteiger partial charge in [0.05, 0.1) is 26.4 Å². The molecule has 3 N–H and O–H groups in total. The molecule has 0 aromatic rings. The smallest absolute Gasteiger partial charge is 0.462 e. The van der Waals surface area contributed by atoms with Crippen LogP contribution < -0.4 is 0 Å². The van der Waals surface area contributed by atoms with Gasteiger partial charge in [-0.15, -0.1) is 0 Å². The number of hydrogen-bond acceptors (Lipinski definition) is 15. The first kappa shape index (κ1) is 98.1. The molecule has 0 saturated heterocycles. The van der Waals surface area contributed by atoms with Crippen molar-refractivity contribution in [2.75, 3.05) is 39.6 Å². The topological polar surface area (TPSA) is 237 Å². The molecule has 0 saturated carbocycles. The number of phosphoric ester groups is 2. The van der Waals surface area contributed by atoms with Gasteiger partial charge in [0, 0.05) is 25.7 Å². The Morgan fingerprint density at radius 1 is 0.290 bits per heavy atom. The predicted octanol–water partition coefficient (Wildman–Crippen LogP) is 24.3. The Kier molecular flexibility index (Phi) is 71.2. The number of carbonyl (C=O) groups is 4. The van der Waals surface area contributed by atoms with Crippen LogP contribution in [0.25, 0.3) is 0 Å². The van der Waals surface area contributed by atoms with Gasteiger partial charge in [0.2, 0.25) is 0 Å². The van der Waals surface area contributed by atoms with Crippen molar-refractivity contribution in [3.63, 3.8) is 0 Å². The van der Waals surface area contributed by atoms with E-state index in [1.54, 1.807) is 0 Å². The zero-order valence-corrected chi connectivity index (χ0v) is 67.3. The van der Waals surface area contributed by atoms with Crippen molar-refractivity contribution in [2.24, 2.45) is 11.8 Å². The number of unbranched alkanes of at least 4 members (excludes halogenated alkanes) is 49. The average molecular weight is 1470 g/mol. The van der Waals surface area contributed by atoms with Gasteiger partial charge < -0.3 is 33.8 Å². The maximum atomic E-state index is 13.1. The Balaban J connectivity index is 5.13. The van der Waals surface area contributed by atoms with E-state index in [2.05, 4.69) is 41.5 Å². The van der Waals surface area contributed by atoms with Gasteiger partial charge >= 0.3 is 39.5 Å². The number of hydrogen-bond donors (Lipinski definition) is 3. The summed E-state index contributed by atoms with van der Waals surface area (Å²) in [6, 6.07) is 0. The first-order chi connectivity index (χ1) is 48.4. The largest absolute Gasteiger partial charge is 0.472 e. The van der Waals surface area contributed by atoms with E-state index in [0.29, 0.717) is 25.7 Å². The van der Waals surface area contributed by atoms with E-state index in [-0.39, 0.29) is 25.7 Å². The molecule has 0 amide bonds. The molecule has 6 atom stereocenters. The normalized spacial score (nSPS) is 14.2. The lowest BCUT2D eigenvalue weighted by Crippen LogP contribution is -2.30. The van der Waals surface area contributed by atoms with E-state index >= 15 is 0 Å². The molecule has 594 valence electrons. The zero-order chi connectivity index (χ0) is 73.5. The van der Waals surface area contributed by atoms with Crippen LogP contribution in [0.1, 0.15) is 427 Å². The number of aliphatic hydroxyl groups is 1. The van der Waals surface area contributed by atoms with Gasteiger partial charge in [-0.3, -0.25) is 37.3 Å². The van der Waals surface area contributed by atoms with Crippen molar-refractivity contribution in [1.29, 1.82) is 0 Å². The third-order valence-electron chi connectivity index (χ3n) is 19.3. The van der Waals surface area contributed by atoms with Gasteiger partial charge in [-0.1, -0.05) is 375 Å². The molecule has 0 aromatic heterocycles. The standard InChI is InChI=1S/C81H158O17P2/c1-7-10-12-14-16-38-47-53-59-65-80(85)97-76(69-91-78(83)63-57-51-45-17-15-13-11-8-2)71-95-99(87,88)93-67-75(82)68-94-100(89,90)96-72-77(70-92-79(84)64-58-52-46-41-36-32-28-24-20-18-22-26-30-34-39-43-49-55-61-73(4)5)98-81(86)66-60-54-48-42-37-33-29-25-21-19-23-27-31-35-40-44-50-56-62-74(6)9-3/h73-77,82H,7-72H2,1-6H3,(H,87,88)(H,89,90)/t74?,75-,76+,77+/m0/s1. The molecular formula is C81H158O17P2. The molecule has 0 heterocycles. The lowest BCUT2D eigenvalue weighted by Gasteiger charge is -2.21. The second kappa shape index (κ2) is 72.6. The van der Waals surface area contributed by atoms with Crippen LogP contribution in [0.15, 0.2) is 0 Å². The third kappa shape index (κ3) is 73.0. The molecule has 0 radical (unpaired) electrons. The van der Waals surface area contributed by atoms with Crippen LogP contribution >= 0.6 is 15.6 Å². The molecule has 0 aliphatic carbocycles. The maximum Gasteiger partial charge on any atom is 0.472 e. The van der Waals surface area contributed by atoms with Crippen LogP contribution in [0, 0.1) is 11.8 Å². The van der Waals surface area contributed by atoms with Gasteiger partial charge in [0.25, 0.3) is 0 Å². The second-order valence-corrected chi connectivity index (χ2v) is 32.8. The number of carbonyl (C=O) groups excluding carboxylic acids is 4. The van der Waals surface area contributed by atoms with Crippen LogP contribution in [-0.4, -0.2) is 96.7 Å². The van der Waals surface area contributed by atoms with E-state index in [1.807, 2.05) is 0 Å². The SMILES string of the molecule is CCCCCCCCCCCC(=O)O[C@H](COC(=O)CCCCCCCCCC)COP(=O)(O)OC[C@H](O)COP(=O)(O)OC[C@@H](COC(=O)CCCCCCCCCCCCCCCCCCCCC(C)C)OC(=O)CCCCCCCCCCCCCCCCCCCCC(C)CC. The van der Waals surface area contributed by atoms with E-state index in [1.165, 1.54) is 238 Å². The first-order valence-corrected chi connectivity index (χ1v) is 45.0. The van der Waals surface area contributed by atoms with Crippen molar-refractivity contribution in [3.8, 4) is 0 Å². The minimum absolute atomic E-state index is 0.106. The Morgan fingerprint density at radius 2 is 0.510 bits per heavy atom. The highest BCUT2D eigenvalue weighted by Gasteiger charge is 2.30. The van der Waals surface area contributed by atoms with E-state index < -0.39 is 97.5 Å². The van der Waals surface area contributed by atoms with Gasteiger partial charge in [-0.2, -0.15) is 0 Å². The fraction of sp³-hybridized carbons (Fsp3) is 0.951. The quantitative estimate of drug-likeness (QED) is 0.0222. The fourth-order valence-electron chi connectivity index (χ4n) is 12.5. The molecule has 0 aliphatic heterocycles. The lowest BCUT2D eigenvalue weighted by atomic mass is 9.99. The van der Waals surface area contributed by atoms with Crippen molar-refractivity contribution >= 4 is 39.5 Å². The van der Waals surface area contributed by atoms with Gasteiger partial charge in [0.15, 0.2) is 12.2 Å². The average Bonchev–Trinajstić information content (AvgIpc) is 0.951. The van der Waals surface area contributed by atoms with Crippen molar-refractivity contribution in [1.82, 2.24) is 0 Å². The highest BCUT2D eigenvalue weighted by atomic mass is 31.2. The summed E-state index contributed by atoms with van der Waals surface area (Å²) < 4.78 is 68.5. The summed E-state index contributed by atoms with van der Waals surface area (Å²) >= 11 is 0. The molecule has 0 rings (SSSR count). The number of esters is 4. The highest BCUT2D eigenvalue weighted by Crippen LogP contribution is 2.45. The lowest BCUT2D eigenvalue weighted by molar-refractivity contribution is -0.161. The molecule has 0 aromatic carbocycles. The van der Waals surface area contributed by atoms with Crippen LogP contribution in [-0.2, 0) is 65.4 Å². The summed E-state index contributed by atoms with van der Waals surface area (Å²) in [4.78, 5) is 72.8. The van der Waals surface area contributed by atoms with Gasteiger partial charge in [-0.05, 0) is 37.5 Å². The Morgan fingerprint density at radius 3 is 0.760 bits per heavy atom. The molecule has 3 unspecified atom stereocenters.